The zero-order chi connectivity index (χ0) is 25.9. The van der Waals surface area contributed by atoms with Crippen molar-refractivity contribution in [1.82, 2.24) is 10.2 Å². The molecule has 3 aromatic rings. The van der Waals surface area contributed by atoms with Crippen LogP contribution in [-0.4, -0.2) is 42.3 Å². The SMILES string of the molecule is COc1ccccc1NC(=O)c1ccc(NC(=O)CN2C(=O)NC(C)(c3ccc(C)cc3)C2=O)cc1. The van der Waals surface area contributed by atoms with Crippen LogP contribution < -0.4 is 20.7 Å². The molecule has 1 aliphatic rings. The van der Waals surface area contributed by atoms with Crippen LogP contribution in [0.25, 0.3) is 0 Å². The highest BCUT2D eigenvalue weighted by Crippen LogP contribution is 2.29. The number of ether oxygens (including phenoxy) is 1. The number of imide groups is 1. The number of amides is 5. The molecule has 0 saturated carbocycles. The van der Waals surface area contributed by atoms with Gasteiger partial charge in [-0.15, -0.1) is 0 Å². The molecule has 1 fully saturated rings. The highest BCUT2D eigenvalue weighted by molar-refractivity contribution is 6.10. The lowest BCUT2D eigenvalue weighted by molar-refractivity contribution is -0.133. The maximum absolute atomic E-state index is 13.0. The van der Waals surface area contributed by atoms with E-state index in [1.54, 1.807) is 67.6 Å². The molecule has 0 bridgehead atoms. The average Bonchev–Trinajstić information content (AvgIpc) is 3.08. The number of rotatable bonds is 7. The van der Waals surface area contributed by atoms with E-state index in [-0.39, 0.29) is 5.91 Å². The number of carbonyl (C=O) groups excluding carboxylic acids is 4. The number of anilines is 2. The number of para-hydroxylation sites is 2. The molecule has 0 spiro atoms. The molecular weight excluding hydrogens is 460 g/mol. The summed E-state index contributed by atoms with van der Waals surface area (Å²) in [5.74, 6) is -0.853. The summed E-state index contributed by atoms with van der Waals surface area (Å²) in [5.41, 5.74) is 1.74. The number of aryl methyl sites for hydroxylation is 1. The smallest absolute Gasteiger partial charge is 0.325 e. The Balaban J connectivity index is 1.38. The molecule has 0 aliphatic carbocycles. The van der Waals surface area contributed by atoms with Crippen molar-refractivity contribution in [3.8, 4) is 5.75 Å². The summed E-state index contributed by atoms with van der Waals surface area (Å²) in [4.78, 5) is 51.6. The number of benzene rings is 3. The quantitative estimate of drug-likeness (QED) is 0.441. The Morgan fingerprint density at radius 2 is 1.61 bits per heavy atom. The van der Waals surface area contributed by atoms with Crippen LogP contribution in [0.3, 0.4) is 0 Å². The number of nitrogens with zero attached hydrogens (tertiary/aromatic N) is 1. The molecule has 3 N–H and O–H groups in total. The first-order chi connectivity index (χ1) is 17.2. The maximum atomic E-state index is 13.0. The van der Waals surface area contributed by atoms with Gasteiger partial charge in [0.15, 0.2) is 0 Å². The minimum Gasteiger partial charge on any atom is -0.495 e. The fourth-order valence-corrected chi connectivity index (χ4v) is 3.91. The second kappa shape index (κ2) is 9.91. The molecule has 184 valence electrons. The predicted octanol–water partition coefficient (Wildman–Crippen LogP) is 3.66. The van der Waals surface area contributed by atoms with E-state index in [4.69, 9.17) is 4.74 Å². The first kappa shape index (κ1) is 24.5. The van der Waals surface area contributed by atoms with Gasteiger partial charge in [0.25, 0.3) is 11.8 Å². The topological polar surface area (TPSA) is 117 Å². The molecule has 9 heteroatoms. The molecule has 36 heavy (non-hydrogen) atoms. The van der Waals surface area contributed by atoms with E-state index < -0.39 is 29.9 Å². The van der Waals surface area contributed by atoms with Gasteiger partial charge >= 0.3 is 6.03 Å². The Labute approximate surface area is 208 Å². The van der Waals surface area contributed by atoms with Gasteiger partial charge in [0.1, 0.15) is 17.8 Å². The van der Waals surface area contributed by atoms with Gasteiger partial charge in [0.05, 0.1) is 12.8 Å². The van der Waals surface area contributed by atoms with Crippen LogP contribution in [-0.2, 0) is 15.1 Å². The molecule has 0 aromatic heterocycles. The molecule has 1 atom stereocenters. The first-order valence-electron chi connectivity index (χ1n) is 11.3. The van der Waals surface area contributed by atoms with Gasteiger partial charge in [-0.25, -0.2) is 4.79 Å². The number of carbonyl (C=O) groups is 4. The van der Waals surface area contributed by atoms with E-state index in [2.05, 4.69) is 16.0 Å². The lowest BCUT2D eigenvalue weighted by atomic mass is 9.91. The van der Waals surface area contributed by atoms with Gasteiger partial charge < -0.3 is 20.7 Å². The lowest BCUT2D eigenvalue weighted by Gasteiger charge is -2.22. The number of hydrogen-bond acceptors (Lipinski definition) is 5. The Morgan fingerprint density at radius 1 is 0.944 bits per heavy atom. The van der Waals surface area contributed by atoms with Crippen molar-refractivity contribution in [3.05, 3.63) is 89.5 Å². The maximum Gasteiger partial charge on any atom is 0.325 e. The highest BCUT2D eigenvalue weighted by Gasteiger charge is 2.49. The van der Waals surface area contributed by atoms with Crippen molar-refractivity contribution >= 4 is 35.1 Å². The van der Waals surface area contributed by atoms with Gasteiger partial charge in [-0.2, -0.15) is 0 Å². The summed E-state index contributed by atoms with van der Waals surface area (Å²) in [7, 11) is 1.52. The van der Waals surface area contributed by atoms with E-state index in [9.17, 15) is 19.2 Å². The van der Waals surface area contributed by atoms with E-state index >= 15 is 0 Å². The second-order valence-corrected chi connectivity index (χ2v) is 8.59. The molecule has 4 rings (SSSR count). The zero-order valence-electron chi connectivity index (χ0n) is 20.1. The fourth-order valence-electron chi connectivity index (χ4n) is 3.91. The molecule has 1 aliphatic heterocycles. The Bertz CT molecular complexity index is 1320. The van der Waals surface area contributed by atoms with Gasteiger partial charge in [-0.3, -0.25) is 19.3 Å². The number of urea groups is 1. The molecule has 9 nitrogen and oxygen atoms in total. The largest absolute Gasteiger partial charge is 0.495 e. The summed E-state index contributed by atoms with van der Waals surface area (Å²) >= 11 is 0. The van der Waals surface area contributed by atoms with E-state index in [0.717, 1.165) is 10.5 Å². The summed E-state index contributed by atoms with van der Waals surface area (Å²) in [6, 6.07) is 19.9. The van der Waals surface area contributed by atoms with Crippen LogP contribution >= 0.6 is 0 Å². The van der Waals surface area contributed by atoms with Crippen LogP contribution in [0.2, 0.25) is 0 Å². The van der Waals surface area contributed by atoms with Gasteiger partial charge in [-0.1, -0.05) is 42.0 Å². The summed E-state index contributed by atoms with van der Waals surface area (Å²) in [6.07, 6.45) is 0. The van der Waals surface area contributed by atoms with Crippen LogP contribution in [0.4, 0.5) is 16.2 Å². The van der Waals surface area contributed by atoms with Crippen molar-refractivity contribution in [2.45, 2.75) is 19.4 Å². The molecular formula is C27H26N4O5. The van der Waals surface area contributed by atoms with Crippen molar-refractivity contribution in [1.29, 1.82) is 0 Å². The Kier molecular flexibility index (Phi) is 6.73. The summed E-state index contributed by atoms with van der Waals surface area (Å²) < 4.78 is 5.24. The monoisotopic (exact) mass is 486 g/mol. The molecule has 1 unspecified atom stereocenters. The van der Waals surface area contributed by atoms with Crippen molar-refractivity contribution in [3.63, 3.8) is 0 Å². The molecule has 0 radical (unpaired) electrons. The average molecular weight is 487 g/mol. The number of methoxy groups -OCH3 is 1. The minimum absolute atomic E-state index is 0.341. The third kappa shape index (κ3) is 4.90. The summed E-state index contributed by atoms with van der Waals surface area (Å²) in [5, 5.41) is 8.12. The molecule has 1 heterocycles. The zero-order valence-corrected chi connectivity index (χ0v) is 20.1. The highest BCUT2D eigenvalue weighted by atomic mass is 16.5. The van der Waals surface area contributed by atoms with Gasteiger partial charge in [-0.05, 0) is 55.8 Å². The number of nitrogens with one attached hydrogen (secondary N) is 3. The molecule has 1 saturated heterocycles. The summed E-state index contributed by atoms with van der Waals surface area (Å²) in [6.45, 7) is 3.10. The third-order valence-electron chi connectivity index (χ3n) is 5.99. The minimum atomic E-state index is -1.25. The third-order valence-corrected chi connectivity index (χ3v) is 5.99. The van der Waals surface area contributed by atoms with Crippen molar-refractivity contribution in [2.75, 3.05) is 24.3 Å². The van der Waals surface area contributed by atoms with Gasteiger partial charge in [0.2, 0.25) is 5.91 Å². The fraction of sp³-hybridized carbons (Fsp3) is 0.185. The van der Waals surface area contributed by atoms with Gasteiger partial charge in [0, 0.05) is 11.3 Å². The van der Waals surface area contributed by atoms with Crippen LogP contribution in [0.5, 0.6) is 5.75 Å². The van der Waals surface area contributed by atoms with Crippen LogP contribution in [0, 0.1) is 6.92 Å². The number of hydrogen-bond donors (Lipinski definition) is 3. The predicted molar refractivity (Wildman–Crippen MR) is 135 cm³/mol. The second-order valence-electron chi connectivity index (χ2n) is 8.59. The van der Waals surface area contributed by atoms with E-state index in [1.165, 1.54) is 7.11 Å². The Hall–Kier alpha value is -4.66. The van der Waals surface area contributed by atoms with Crippen molar-refractivity contribution < 1.29 is 23.9 Å². The molecule has 3 aromatic carbocycles. The normalized spacial score (nSPS) is 16.9. The van der Waals surface area contributed by atoms with Crippen LogP contribution in [0.1, 0.15) is 28.4 Å². The lowest BCUT2D eigenvalue weighted by Crippen LogP contribution is -2.42. The molecule has 5 amide bonds. The van der Waals surface area contributed by atoms with Crippen LogP contribution in [0.15, 0.2) is 72.8 Å². The standard InChI is InChI=1S/C27H26N4O5/c1-17-8-12-19(13-9-17)27(2)25(34)31(26(35)30-27)16-23(32)28-20-14-10-18(11-15-20)24(33)29-21-6-4-5-7-22(21)36-3/h4-15H,16H2,1-3H3,(H,28,32)(H,29,33)(H,30,35). The Morgan fingerprint density at radius 3 is 2.28 bits per heavy atom. The first-order valence-corrected chi connectivity index (χ1v) is 11.3. The van der Waals surface area contributed by atoms with E-state index in [1.807, 2.05) is 19.1 Å². The van der Waals surface area contributed by atoms with Crippen molar-refractivity contribution in [2.24, 2.45) is 0 Å². The van der Waals surface area contributed by atoms with E-state index in [0.29, 0.717) is 28.3 Å².